The summed E-state index contributed by atoms with van der Waals surface area (Å²) in [6.07, 6.45) is 4.00. The lowest BCUT2D eigenvalue weighted by Crippen LogP contribution is -2.31. The Balaban J connectivity index is 1.74. The zero-order valence-corrected chi connectivity index (χ0v) is 17.6. The zero-order valence-electron chi connectivity index (χ0n) is 17.6. The number of hydrogen-bond acceptors (Lipinski definition) is 4. The van der Waals surface area contributed by atoms with Gasteiger partial charge in [0.25, 0.3) is 5.91 Å². The van der Waals surface area contributed by atoms with E-state index >= 15 is 0 Å². The molecular weight excluding hydrogens is 388 g/mol. The lowest BCUT2D eigenvalue weighted by Gasteiger charge is -2.28. The van der Waals surface area contributed by atoms with Gasteiger partial charge in [0.1, 0.15) is 0 Å². The molecule has 1 amide bonds. The molecule has 2 aromatic carbocycles. The molecule has 1 aliphatic rings. The van der Waals surface area contributed by atoms with E-state index in [0.29, 0.717) is 12.1 Å². The van der Waals surface area contributed by atoms with E-state index in [1.807, 2.05) is 62.4 Å². The smallest absolute Gasteiger partial charge is 0.294 e. The van der Waals surface area contributed by atoms with Gasteiger partial charge in [-0.1, -0.05) is 48.0 Å². The Morgan fingerprint density at radius 1 is 1.03 bits per heavy atom. The van der Waals surface area contributed by atoms with Crippen molar-refractivity contribution in [3.63, 3.8) is 0 Å². The molecule has 156 valence electrons. The molecule has 0 spiro atoms. The number of pyridine rings is 1. The van der Waals surface area contributed by atoms with Crippen LogP contribution in [0, 0.1) is 13.8 Å². The molecule has 5 heteroatoms. The fourth-order valence-corrected chi connectivity index (χ4v) is 4.11. The van der Waals surface area contributed by atoms with Crippen LogP contribution in [0.15, 0.2) is 84.4 Å². The third kappa shape index (κ3) is 3.99. The van der Waals surface area contributed by atoms with Gasteiger partial charge in [-0.3, -0.25) is 19.5 Å². The molecule has 1 aromatic heterocycles. The van der Waals surface area contributed by atoms with Crippen molar-refractivity contribution in [2.45, 2.75) is 32.7 Å². The van der Waals surface area contributed by atoms with Crippen LogP contribution >= 0.6 is 0 Å². The molecule has 0 radical (unpaired) electrons. The van der Waals surface area contributed by atoms with E-state index in [1.165, 1.54) is 4.90 Å². The Labute approximate surface area is 181 Å². The second-order valence-electron chi connectivity index (χ2n) is 7.82. The summed E-state index contributed by atoms with van der Waals surface area (Å²) in [4.78, 5) is 32.0. The first-order chi connectivity index (χ1) is 15.0. The van der Waals surface area contributed by atoms with Crippen molar-refractivity contribution in [3.05, 3.63) is 107 Å². The van der Waals surface area contributed by atoms with E-state index in [9.17, 15) is 14.7 Å². The molecule has 1 N–H and O–H groups in total. The highest BCUT2D eigenvalue weighted by atomic mass is 16.3. The number of aryl methyl sites for hydroxylation is 3. The number of carbonyl (C=O) groups excluding carboxylic acids is 2. The summed E-state index contributed by atoms with van der Waals surface area (Å²) < 4.78 is 0. The van der Waals surface area contributed by atoms with Crippen LogP contribution in [0.25, 0.3) is 0 Å². The van der Waals surface area contributed by atoms with Gasteiger partial charge >= 0.3 is 0 Å². The van der Waals surface area contributed by atoms with E-state index in [4.69, 9.17) is 0 Å². The van der Waals surface area contributed by atoms with Gasteiger partial charge in [-0.2, -0.15) is 0 Å². The molecule has 1 atom stereocenters. The van der Waals surface area contributed by atoms with Crippen LogP contribution in [0.5, 0.6) is 0 Å². The summed E-state index contributed by atoms with van der Waals surface area (Å²) >= 11 is 0. The molecule has 1 unspecified atom stereocenters. The van der Waals surface area contributed by atoms with Gasteiger partial charge in [-0.05, 0) is 55.2 Å². The maximum atomic E-state index is 13.3. The van der Waals surface area contributed by atoms with E-state index in [-0.39, 0.29) is 17.8 Å². The average molecular weight is 412 g/mol. The summed E-state index contributed by atoms with van der Waals surface area (Å²) in [7, 11) is 0. The first-order valence-electron chi connectivity index (χ1n) is 10.3. The second-order valence-corrected chi connectivity index (χ2v) is 7.82. The normalized spacial score (nSPS) is 16.1. The number of Topliss-reactive ketones (excluding diaryl/α,β-unsaturated/α-hetero) is 1. The van der Waals surface area contributed by atoms with Gasteiger partial charge in [0.15, 0.2) is 11.5 Å². The molecular formula is C26H24N2O3. The predicted octanol–water partition coefficient (Wildman–Crippen LogP) is 4.80. The third-order valence-electron chi connectivity index (χ3n) is 5.63. The van der Waals surface area contributed by atoms with Gasteiger partial charge in [0, 0.05) is 24.5 Å². The number of anilines is 1. The minimum absolute atomic E-state index is 0.145. The van der Waals surface area contributed by atoms with Crippen molar-refractivity contribution in [3.8, 4) is 0 Å². The second kappa shape index (κ2) is 8.56. The number of rotatable bonds is 6. The Bertz CT molecular complexity index is 1150. The van der Waals surface area contributed by atoms with E-state index in [0.717, 1.165) is 22.3 Å². The van der Waals surface area contributed by atoms with E-state index in [2.05, 4.69) is 4.98 Å². The largest absolute Gasteiger partial charge is 0.503 e. The van der Waals surface area contributed by atoms with E-state index in [1.54, 1.807) is 24.5 Å². The van der Waals surface area contributed by atoms with Crippen LogP contribution in [0.4, 0.5) is 5.69 Å². The number of ketones is 1. The minimum Gasteiger partial charge on any atom is -0.503 e. The highest BCUT2D eigenvalue weighted by Crippen LogP contribution is 2.42. The number of aliphatic hydroxyl groups is 1. The van der Waals surface area contributed by atoms with Gasteiger partial charge < -0.3 is 5.11 Å². The fraction of sp³-hybridized carbons (Fsp3) is 0.192. The summed E-state index contributed by atoms with van der Waals surface area (Å²) in [5, 5.41) is 10.8. The predicted molar refractivity (Wildman–Crippen MR) is 120 cm³/mol. The first kappa shape index (κ1) is 20.5. The average Bonchev–Trinajstić information content (AvgIpc) is 3.04. The Morgan fingerprint density at radius 2 is 1.74 bits per heavy atom. The number of carbonyl (C=O) groups is 2. The maximum absolute atomic E-state index is 13.3. The van der Waals surface area contributed by atoms with Crippen molar-refractivity contribution in [2.24, 2.45) is 0 Å². The van der Waals surface area contributed by atoms with Crippen LogP contribution < -0.4 is 4.90 Å². The zero-order chi connectivity index (χ0) is 22.0. The highest BCUT2D eigenvalue weighted by Gasteiger charge is 2.44. The Kier molecular flexibility index (Phi) is 5.67. The molecule has 4 rings (SSSR count). The maximum Gasteiger partial charge on any atom is 0.294 e. The lowest BCUT2D eigenvalue weighted by molar-refractivity contribution is -0.118. The highest BCUT2D eigenvalue weighted by molar-refractivity contribution is 6.16. The summed E-state index contributed by atoms with van der Waals surface area (Å²) in [6.45, 7) is 3.91. The first-order valence-corrected chi connectivity index (χ1v) is 10.3. The Hall–Kier alpha value is -3.73. The Morgan fingerprint density at radius 3 is 2.42 bits per heavy atom. The number of amides is 1. The minimum atomic E-state index is -0.694. The third-order valence-corrected chi connectivity index (χ3v) is 5.63. The number of aliphatic hydroxyl groups excluding tert-OH is 1. The lowest BCUT2D eigenvalue weighted by atomic mass is 9.93. The van der Waals surface area contributed by atoms with Gasteiger partial charge in [-0.15, -0.1) is 0 Å². The molecule has 0 fully saturated rings. The number of nitrogens with zero attached hydrogens (tertiary/aromatic N) is 2. The van der Waals surface area contributed by atoms with Crippen LogP contribution in [0.2, 0.25) is 0 Å². The van der Waals surface area contributed by atoms with Crippen molar-refractivity contribution >= 4 is 17.4 Å². The number of hydrogen-bond donors (Lipinski definition) is 1. The van der Waals surface area contributed by atoms with Crippen LogP contribution in [-0.4, -0.2) is 21.8 Å². The molecule has 2 heterocycles. The van der Waals surface area contributed by atoms with Crippen LogP contribution in [0.3, 0.4) is 0 Å². The van der Waals surface area contributed by atoms with Crippen molar-refractivity contribution in [2.75, 3.05) is 4.90 Å². The summed E-state index contributed by atoms with van der Waals surface area (Å²) in [5.74, 6) is -1.26. The number of benzene rings is 2. The van der Waals surface area contributed by atoms with Gasteiger partial charge in [0.2, 0.25) is 0 Å². The molecule has 0 saturated heterocycles. The van der Waals surface area contributed by atoms with Crippen molar-refractivity contribution in [1.29, 1.82) is 0 Å². The quantitative estimate of drug-likeness (QED) is 0.631. The molecule has 3 aromatic rings. The van der Waals surface area contributed by atoms with E-state index < -0.39 is 17.7 Å². The number of aromatic nitrogens is 1. The standard InChI is InChI=1S/C26H24N2O3/c1-17-8-10-21(18(2)16-17)28-24(20-12-14-27-15-13-20)23(25(30)26(28)31)22(29)11-9-19-6-4-3-5-7-19/h3-8,10,12-16,24,30H,9,11H2,1-2H3. The van der Waals surface area contributed by atoms with Gasteiger partial charge in [-0.25, -0.2) is 0 Å². The monoisotopic (exact) mass is 412 g/mol. The van der Waals surface area contributed by atoms with Crippen molar-refractivity contribution in [1.82, 2.24) is 4.98 Å². The summed E-state index contributed by atoms with van der Waals surface area (Å²) in [6, 6.07) is 18.3. The SMILES string of the molecule is Cc1ccc(N2C(=O)C(O)=C(C(=O)CCc3ccccc3)C2c2ccncc2)c(C)c1. The molecule has 31 heavy (non-hydrogen) atoms. The molecule has 0 bridgehead atoms. The van der Waals surface area contributed by atoms with Gasteiger partial charge in [0.05, 0.1) is 11.6 Å². The molecule has 0 saturated carbocycles. The summed E-state index contributed by atoms with van der Waals surface area (Å²) in [5.41, 5.74) is 4.56. The molecule has 5 nitrogen and oxygen atoms in total. The molecule has 0 aliphatic carbocycles. The molecule has 1 aliphatic heterocycles. The van der Waals surface area contributed by atoms with Crippen molar-refractivity contribution < 1.29 is 14.7 Å². The van der Waals surface area contributed by atoms with Crippen LogP contribution in [0.1, 0.15) is 34.7 Å². The van der Waals surface area contributed by atoms with Crippen LogP contribution in [-0.2, 0) is 16.0 Å². The topological polar surface area (TPSA) is 70.5 Å². The fourth-order valence-electron chi connectivity index (χ4n) is 4.11.